The van der Waals surface area contributed by atoms with Crippen molar-refractivity contribution in [2.24, 2.45) is 0 Å². The molecule has 8 heteroatoms. The molecule has 1 fully saturated rings. The highest BCUT2D eigenvalue weighted by Crippen LogP contribution is 2.40. The van der Waals surface area contributed by atoms with Crippen LogP contribution in [0.5, 0.6) is 17.2 Å². The fourth-order valence-corrected chi connectivity index (χ4v) is 3.96. The number of rotatable bonds is 4. The molecule has 2 heterocycles. The van der Waals surface area contributed by atoms with Crippen LogP contribution < -0.4 is 10.2 Å². The molecule has 1 aliphatic heterocycles. The van der Waals surface area contributed by atoms with E-state index < -0.39 is 23.1 Å². The average molecular weight is 447 g/mol. The molecule has 2 aromatic carbocycles. The molecule has 170 valence electrons. The summed E-state index contributed by atoms with van der Waals surface area (Å²) < 4.78 is 52.3. The van der Waals surface area contributed by atoms with Crippen molar-refractivity contribution in [1.82, 2.24) is 4.90 Å². The van der Waals surface area contributed by atoms with Crippen LogP contribution in [0.15, 0.2) is 45.6 Å². The zero-order valence-electron chi connectivity index (χ0n) is 17.7. The molecular weight excluding hydrogens is 423 g/mol. The van der Waals surface area contributed by atoms with Gasteiger partial charge < -0.3 is 14.3 Å². The topological polar surface area (TPSA) is 62.9 Å². The summed E-state index contributed by atoms with van der Waals surface area (Å²) >= 11 is 0. The van der Waals surface area contributed by atoms with E-state index in [1.165, 1.54) is 24.3 Å². The van der Waals surface area contributed by atoms with Crippen LogP contribution in [0.2, 0.25) is 0 Å². The van der Waals surface area contributed by atoms with E-state index in [0.29, 0.717) is 0 Å². The second kappa shape index (κ2) is 8.86. The van der Waals surface area contributed by atoms with Crippen LogP contribution in [0.25, 0.3) is 11.0 Å². The van der Waals surface area contributed by atoms with Crippen molar-refractivity contribution in [2.45, 2.75) is 45.3 Å². The van der Waals surface area contributed by atoms with Crippen LogP contribution in [-0.2, 0) is 12.7 Å². The number of benzene rings is 2. The van der Waals surface area contributed by atoms with Crippen molar-refractivity contribution >= 4 is 11.0 Å². The quantitative estimate of drug-likeness (QED) is 0.532. The van der Waals surface area contributed by atoms with E-state index in [9.17, 15) is 23.1 Å². The average Bonchev–Trinajstić information content (AvgIpc) is 3.01. The van der Waals surface area contributed by atoms with Gasteiger partial charge in [-0.2, -0.15) is 13.2 Å². The molecule has 0 aliphatic carbocycles. The minimum absolute atomic E-state index is 0.0669. The van der Waals surface area contributed by atoms with Crippen molar-refractivity contribution < 1.29 is 27.4 Å². The molecule has 0 atom stereocenters. The summed E-state index contributed by atoms with van der Waals surface area (Å²) in [5.74, 6) is -2.54. The number of ether oxygens (including phenoxy) is 1. The van der Waals surface area contributed by atoms with Gasteiger partial charge in [-0.3, -0.25) is 9.69 Å². The Morgan fingerprint density at radius 2 is 1.69 bits per heavy atom. The van der Waals surface area contributed by atoms with Crippen molar-refractivity contribution in [1.29, 1.82) is 0 Å². The van der Waals surface area contributed by atoms with Crippen LogP contribution in [0.3, 0.4) is 0 Å². The molecule has 0 spiro atoms. The molecule has 0 amide bonds. The molecule has 1 aromatic heterocycles. The van der Waals surface area contributed by atoms with Crippen LogP contribution in [0.4, 0.5) is 13.2 Å². The number of alkyl halides is 3. The highest BCUT2D eigenvalue weighted by molar-refractivity contribution is 5.83. The summed E-state index contributed by atoms with van der Waals surface area (Å²) in [6.45, 7) is 3.55. The first-order chi connectivity index (χ1) is 15.2. The lowest BCUT2D eigenvalue weighted by atomic mass is 10.1. The van der Waals surface area contributed by atoms with E-state index in [1.54, 1.807) is 12.1 Å². The lowest BCUT2D eigenvalue weighted by Crippen LogP contribution is -2.24. The fourth-order valence-electron chi connectivity index (χ4n) is 3.96. The van der Waals surface area contributed by atoms with E-state index >= 15 is 0 Å². The largest absolute Gasteiger partial charge is 0.507 e. The van der Waals surface area contributed by atoms with Gasteiger partial charge in [-0.05, 0) is 57.1 Å². The Kier molecular flexibility index (Phi) is 6.15. The summed E-state index contributed by atoms with van der Waals surface area (Å²) in [6.07, 6.45) is -0.843. The summed E-state index contributed by atoms with van der Waals surface area (Å²) in [5, 5.41) is 10.4. The van der Waals surface area contributed by atoms with Crippen LogP contribution in [-0.4, -0.2) is 23.1 Å². The van der Waals surface area contributed by atoms with Gasteiger partial charge in [0.1, 0.15) is 17.1 Å². The summed E-state index contributed by atoms with van der Waals surface area (Å²) in [7, 11) is 0. The number of nitrogens with zero attached hydrogens (tertiary/aromatic N) is 1. The third-order valence-electron chi connectivity index (χ3n) is 5.68. The van der Waals surface area contributed by atoms with E-state index in [4.69, 9.17) is 9.15 Å². The molecule has 4 rings (SSSR count). The van der Waals surface area contributed by atoms with Gasteiger partial charge in [0.05, 0.1) is 10.9 Å². The van der Waals surface area contributed by atoms with Crippen LogP contribution >= 0.6 is 0 Å². The van der Waals surface area contributed by atoms with Gasteiger partial charge in [0.2, 0.25) is 11.2 Å². The molecular formula is C24H24F3NO4. The molecule has 3 aromatic rings. The first kappa shape index (κ1) is 22.2. The lowest BCUT2D eigenvalue weighted by molar-refractivity contribution is -0.154. The van der Waals surface area contributed by atoms with Crippen molar-refractivity contribution in [3.8, 4) is 17.2 Å². The number of hydrogen-bond donors (Lipinski definition) is 1. The maximum atomic E-state index is 13.9. The van der Waals surface area contributed by atoms with E-state index in [0.717, 1.165) is 44.3 Å². The molecule has 1 N–H and O–H groups in total. The maximum Gasteiger partial charge on any atom is 0.453 e. The predicted octanol–water partition coefficient (Wildman–Crippen LogP) is 5.99. The SMILES string of the molecule is Cc1ccc(Oc2c(C(F)(F)F)oc3c(CN4CCCCCC4)c(O)ccc3c2=O)cc1. The molecule has 1 saturated heterocycles. The van der Waals surface area contributed by atoms with Crippen LogP contribution in [0, 0.1) is 6.92 Å². The Morgan fingerprint density at radius 1 is 1.03 bits per heavy atom. The minimum atomic E-state index is -4.96. The van der Waals surface area contributed by atoms with Crippen molar-refractivity contribution in [3.63, 3.8) is 0 Å². The zero-order chi connectivity index (χ0) is 22.9. The third-order valence-corrected chi connectivity index (χ3v) is 5.68. The van der Waals surface area contributed by atoms with Gasteiger partial charge >= 0.3 is 6.18 Å². The minimum Gasteiger partial charge on any atom is -0.507 e. The molecule has 0 radical (unpaired) electrons. The zero-order valence-corrected chi connectivity index (χ0v) is 17.7. The number of fused-ring (bicyclic) bond motifs is 1. The highest BCUT2D eigenvalue weighted by atomic mass is 19.4. The van der Waals surface area contributed by atoms with Crippen molar-refractivity contribution in [2.75, 3.05) is 13.1 Å². The molecule has 1 aliphatic rings. The first-order valence-corrected chi connectivity index (χ1v) is 10.6. The summed E-state index contributed by atoms with van der Waals surface area (Å²) in [5.41, 5.74) is -0.124. The van der Waals surface area contributed by atoms with Gasteiger partial charge in [-0.1, -0.05) is 30.5 Å². The van der Waals surface area contributed by atoms with Gasteiger partial charge in [-0.25, -0.2) is 0 Å². The normalized spacial score (nSPS) is 15.6. The Labute approximate surface area is 183 Å². The van der Waals surface area contributed by atoms with Gasteiger partial charge in [0, 0.05) is 6.54 Å². The van der Waals surface area contributed by atoms with E-state index in [1.807, 2.05) is 6.92 Å². The number of aryl methyl sites for hydroxylation is 1. The second-order valence-corrected chi connectivity index (χ2v) is 8.13. The molecule has 32 heavy (non-hydrogen) atoms. The Balaban J connectivity index is 1.85. The number of phenolic OH excluding ortho intramolecular Hbond substituents is 1. The monoisotopic (exact) mass is 447 g/mol. The Hall–Kier alpha value is -3.00. The van der Waals surface area contributed by atoms with E-state index in [2.05, 4.69) is 4.90 Å². The van der Waals surface area contributed by atoms with Gasteiger partial charge in [-0.15, -0.1) is 0 Å². The van der Waals surface area contributed by atoms with Crippen LogP contribution in [0.1, 0.15) is 42.6 Å². The second-order valence-electron chi connectivity index (χ2n) is 8.13. The molecule has 5 nitrogen and oxygen atoms in total. The number of hydrogen-bond acceptors (Lipinski definition) is 5. The number of likely N-dealkylation sites (tertiary alicyclic amines) is 1. The number of phenols is 1. The van der Waals surface area contributed by atoms with Gasteiger partial charge in [0.15, 0.2) is 0 Å². The molecule has 0 bridgehead atoms. The first-order valence-electron chi connectivity index (χ1n) is 10.6. The maximum absolute atomic E-state index is 13.9. The lowest BCUT2D eigenvalue weighted by Gasteiger charge is -2.21. The summed E-state index contributed by atoms with van der Waals surface area (Å²) in [6, 6.07) is 8.90. The highest BCUT2D eigenvalue weighted by Gasteiger charge is 2.41. The number of aromatic hydroxyl groups is 1. The van der Waals surface area contributed by atoms with E-state index in [-0.39, 0.29) is 34.6 Å². The fraction of sp³-hybridized carbons (Fsp3) is 0.375. The summed E-state index contributed by atoms with van der Waals surface area (Å²) in [4.78, 5) is 15.2. The smallest absolute Gasteiger partial charge is 0.453 e. The Morgan fingerprint density at radius 3 is 2.31 bits per heavy atom. The standard InChI is InChI=1S/C24H24F3NO4/c1-15-6-8-16(9-7-15)31-22-20(30)17-10-11-19(29)18(14-28-12-4-2-3-5-13-28)21(17)32-23(22)24(25,26)27/h6-11,29H,2-5,12-14H2,1H3. The molecule has 0 unspecified atom stereocenters. The molecule has 0 saturated carbocycles. The predicted molar refractivity (Wildman–Crippen MR) is 114 cm³/mol. The van der Waals surface area contributed by atoms with Crippen molar-refractivity contribution in [3.05, 3.63) is 63.5 Å². The number of halogens is 3. The van der Waals surface area contributed by atoms with Gasteiger partial charge in [0.25, 0.3) is 5.76 Å². The third kappa shape index (κ3) is 4.60. The Bertz CT molecular complexity index is 1160.